The Kier molecular flexibility index (Phi) is 5.77. The summed E-state index contributed by atoms with van der Waals surface area (Å²) in [6.07, 6.45) is 1.03. The largest absolute Gasteiger partial charge is 0.448 e. The van der Waals surface area contributed by atoms with Gasteiger partial charge in [0.1, 0.15) is 6.61 Å². The van der Waals surface area contributed by atoms with Crippen LogP contribution < -0.4 is 0 Å². The molecule has 2 saturated heterocycles. The molecule has 2 unspecified atom stereocenters. The van der Waals surface area contributed by atoms with Gasteiger partial charge in [-0.2, -0.15) is 0 Å². The van der Waals surface area contributed by atoms with Crippen LogP contribution >= 0.6 is 0 Å². The number of Topliss-reactive ketones (excluding diaryl/α,β-unsaturated/α-hetero) is 1. The minimum Gasteiger partial charge on any atom is -0.448 e. The van der Waals surface area contributed by atoms with Crippen LogP contribution in [0.25, 0.3) is 11.1 Å². The highest BCUT2D eigenvalue weighted by molar-refractivity contribution is 5.98. The molecule has 2 heterocycles. The number of ether oxygens (including phenoxy) is 1. The number of amides is 1. The average Bonchev–Trinajstić information content (AvgIpc) is 3.36. The summed E-state index contributed by atoms with van der Waals surface area (Å²) >= 11 is 0. The smallest absolute Gasteiger partial charge is 0.410 e. The van der Waals surface area contributed by atoms with E-state index in [0.717, 1.165) is 22.3 Å². The lowest BCUT2D eigenvalue weighted by molar-refractivity contribution is 0.0502. The van der Waals surface area contributed by atoms with Crippen molar-refractivity contribution < 1.29 is 31.9 Å². The van der Waals surface area contributed by atoms with E-state index in [-0.39, 0.29) is 43.5 Å². The molecule has 3 aliphatic rings. The van der Waals surface area contributed by atoms with Gasteiger partial charge in [0.15, 0.2) is 29.1 Å². The second-order valence-corrected chi connectivity index (χ2v) is 9.97. The van der Waals surface area contributed by atoms with Gasteiger partial charge in [0.25, 0.3) is 0 Å². The van der Waals surface area contributed by atoms with E-state index < -0.39 is 46.6 Å². The summed E-state index contributed by atoms with van der Waals surface area (Å²) in [7, 11) is 0. The molecule has 2 aliphatic heterocycles. The standard InChI is InChI=1S/C29H23F4NO3/c30-23-13-24(31)27(33)25(26(23)32)28(35)15-11-16-9-10-17(12-15)34(16)29(36)37-14-22-20-7-3-1-5-18(20)19-6-2-4-8-21(19)22/h1-8,13,15-17,22H,9-12,14H2. The zero-order valence-corrected chi connectivity index (χ0v) is 19.7. The zero-order valence-electron chi connectivity index (χ0n) is 19.7. The second kappa shape index (κ2) is 9.01. The van der Waals surface area contributed by atoms with Gasteiger partial charge in [-0.05, 0) is 47.9 Å². The number of hydrogen-bond acceptors (Lipinski definition) is 3. The first kappa shape index (κ1) is 23.7. The Balaban J connectivity index is 1.17. The fourth-order valence-electron chi connectivity index (χ4n) is 6.35. The van der Waals surface area contributed by atoms with Crippen LogP contribution in [-0.4, -0.2) is 35.5 Å². The van der Waals surface area contributed by atoms with Crippen LogP contribution in [0.5, 0.6) is 0 Å². The van der Waals surface area contributed by atoms with E-state index in [9.17, 15) is 27.2 Å². The quantitative estimate of drug-likeness (QED) is 0.226. The van der Waals surface area contributed by atoms with Crippen molar-refractivity contribution in [2.75, 3.05) is 6.61 Å². The van der Waals surface area contributed by atoms with Crippen molar-refractivity contribution in [2.45, 2.75) is 43.7 Å². The Bertz CT molecular complexity index is 1340. The van der Waals surface area contributed by atoms with E-state index >= 15 is 0 Å². The summed E-state index contributed by atoms with van der Waals surface area (Å²) < 4.78 is 61.6. The SMILES string of the molecule is O=C(c1c(F)c(F)cc(F)c1F)C1CC2CCC(C1)N2C(=O)OCC1c2ccccc2-c2ccccc21. The van der Waals surface area contributed by atoms with Crippen molar-refractivity contribution in [1.82, 2.24) is 4.90 Å². The van der Waals surface area contributed by atoms with Gasteiger partial charge in [-0.3, -0.25) is 4.79 Å². The molecule has 0 spiro atoms. The molecular weight excluding hydrogens is 486 g/mol. The first-order valence-electron chi connectivity index (χ1n) is 12.4. The molecule has 4 nitrogen and oxygen atoms in total. The molecule has 2 fully saturated rings. The molecule has 0 radical (unpaired) electrons. The maximum absolute atomic E-state index is 14.2. The second-order valence-electron chi connectivity index (χ2n) is 9.97. The van der Waals surface area contributed by atoms with Gasteiger partial charge < -0.3 is 9.64 Å². The van der Waals surface area contributed by atoms with Gasteiger partial charge in [-0.25, -0.2) is 22.4 Å². The van der Waals surface area contributed by atoms with Crippen LogP contribution in [0.2, 0.25) is 0 Å². The van der Waals surface area contributed by atoms with E-state index in [1.165, 1.54) is 0 Å². The van der Waals surface area contributed by atoms with E-state index in [2.05, 4.69) is 0 Å². The monoisotopic (exact) mass is 509 g/mol. The summed E-state index contributed by atoms with van der Waals surface area (Å²) in [4.78, 5) is 27.7. The number of carbonyl (C=O) groups is 2. The number of hydrogen-bond donors (Lipinski definition) is 0. The van der Waals surface area contributed by atoms with E-state index in [4.69, 9.17) is 4.74 Å². The molecule has 0 saturated carbocycles. The third kappa shape index (κ3) is 3.81. The van der Waals surface area contributed by atoms with Crippen molar-refractivity contribution >= 4 is 11.9 Å². The lowest BCUT2D eigenvalue weighted by Crippen LogP contribution is -2.48. The van der Waals surface area contributed by atoms with Crippen LogP contribution in [0.3, 0.4) is 0 Å². The highest BCUT2D eigenvalue weighted by atomic mass is 19.2. The molecule has 1 amide bonds. The molecule has 2 bridgehead atoms. The highest BCUT2D eigenvalue weighted by Gasteiger charge is 2.47. The fraction of sp³-hybridized carbons (Fsp3) is 0.310. The van der Waals surface area contributed by atoms with Crippen molar-refractivity contribution in [2.24, 2.45) is 5.92 Å². The summed E-state index contributed by atoms with van der Waals surface area (Å²) in [5, 5.41) is 0. The molecule has 37 heavy (non-hydrogen) atoms. The van der Waals surface area contributed by atoms with Gasteiger partial charge >= 0.3 is 6.09 Å². The highest BCUT2D eigenvalue weighted by Crippen LogP contribution is 2.45. The first-order chi connectivity index (χ1) is 17.8. The van der Waals surface area contributed by atoms with Crippen molar-refractivity contribution in [3.63, 3.8) is 0 Å². The molecule has 0 N–H and O–H groups in total. The molecule has 8 heteroatoms. The van der Waals surface area contributed by atoms with Crippen LogP contribution in [0.4, 0.5) is 22.4 Å². The molecule has 3 aromatic carbocycles. The summed E-state index contributed by atoms with van der Waals surface area (Å²) in [6, 6.07) is 15.4. The molecule has 6 rings (SSSR count). The molecule has 190 valence electrons. The van der Waals surface area contributed by atoms with Crippen molar-refractivity contribution in [3.8, 4) is 11.1 Å². The minimum atomic E-state index is -1.68. The molecule has 0 aromatic heterocycles. The van der Waals surface area contributed by atoms with Crippen LogP contribution in [0.1, 0.15) is 53.1 Å². The van der Waals surface area contributed by atoms with Crippen molar-refractivity contribution in [3.05, 3.63) is 94.6 Å². The van der Waals surface area contributed by atoms with Crippen LogP contribution in [0.15, 0.2) is 54.6 Å². The topological polar surface area (TPSA) is 46.6 Å². The first-order valence-corrected chi connectivity index (χ1v) is 12.4. The number of piperidine rings is 1. The Morgan fingerprint density at radius 3 is 1.86 bits per heavy atom. The molecular formula is C29H23F4NO3. The van der Waals surface area contributed by atoms with Crippen LogP contribution in [-0.2, 0) is 4.74 Å². The number of nitrogens with zero attached hydrogens (tertiary/aromatic N) is 1. The average molecular weight is 509 g/mol. The van der Waals surface area contributed by atoms with E-state index in [0.29, 0.717) is 12.8 Å². The third-order valence-corrected chi connectivity index (χ3v) is 8.01. The molecule has 1 aliphatic carbocycles. The van der Waals surface area contributed by atoms with Gasteiger partial charge in [-0.15, -0.1) is 0 Å². The lowest BCUT2D eigenvalue weighted by atomic mass is 9.84. The van der Waals surface area contributed by atoms with Crippen molar-refractivity contribution in [1.29, 1.82) is 0 Å². The number of benzene rings is 3. The van der Waals surface area contributed by atoms with Gasteiger partial charge in [0.05, 0.1) is 5.56 Å². The lowest BCUT2D eigenvalue weighted by Gasteiger charge is -2.37. The zero-order chi connectivity index (χ0) is 25.8. The van der Waals surface area contributed by atoms with Gasteiger partial charge in [0, 0.05) is 30.0 Å². The Labute approximate surface area is 210 Å². The number of carbonyl (C=O) groups excluding carboxylic acids is 2. The summed E-state index contributed by atoms with van der Waals surface area (Å²) in [5.41, 5.74) is 3.24. The third-order valence-electron chi connectivity index (χ3n) is 8.01. The normalized spacial score (nSPS) is 22.1. The fourth-order valence-corrected chi connectivity index (χ4v) is 6.35. The van der Waals surface area contributed by atoms with Crippen LogP contribution in [0, 0.1) is 29.2 Å². The minimum absolute atomic E-state index is 0.0882. The summed E-state index contributed by atoms with van der Waals surface area (Å²) in [6.45, 7) is 0.157. The van der Waals surface area contributed by atoms with E-state index in [1.807, 2.05) is 48.5 Å². The predicted molar refractivity (Wildman–Crippen MR) is 127 cm³/mol. The Morgan fingerprint density at radius 2 is 1.32 bits per heavy atom. The molecule has 2 atom stereocenters. The number of fused-ring (bicyclic) bond motifs is 5. The van der Waals surface area contributed by atoms with Gasteiger partial charge in [-0.1, -0.05) is 48.5 Å². The number of halogens is 4. The maximum Gasteiger partial charge on any atom is 0.410 e. The van der Waals surface area contributed by atoms with Gasteiger partial charge in [0.2, 0.25) is 0 Å². The predicted octanol–water partition coefficient (Wildman–Crippen LogP) is 6.62. The van der Waals surface area contributed by atoms with E-state index in [1.54, 1.807) is 4.90 Å². The Morgan fingerprint density at radius 1 is 0.811 bits per heavy atom. The number of rotatable bonds is 4. The number of ketones is 1. The summed E-state index contributed by atoms with van der Waals surface area (Å²) in [5.74, 6) is -8.51. The maximum atomic E-state index is 14.2. The Hall–Kier alpha value is -3.68. The molecule has 3 aromatic rings.